The van der Waals surface area contributed by atoms with E-state index in [2.05, 4.69) is 28.9 Å². The smallest absolute Gasteiger partial charge is 0.237 e. The van der Waals surface area contributed by atoms with Crippen LogP contribution in [0.15, 0.2) is 6.07 Å². The van der Waals surface area contributed by atoms with Gasteiger partial charge in [-0.25, -0.2) is 0 Å². The van der Waals surface area contributed by atoms with Crippen LogP contribution in [0.2, 0.25) is 5.15 Å². The molecule has 0 radical (unpaired) electrons. The van der Waals surface area contributed by atoms with Gasteiger partial charge in [0.05, 0.1) is 0 Å². The number of hydrogen-bond donors (Lipinski definition) is 0. The average Bonchev–Trinajstić information content (AvgIpc) is 2.84. The van der Waals surface area contributed by atoms with Crippen LogP contribution in [0.5, 0.6) is 5.88 Å². The summed E-state index contributed by atoms with van der Waals surface area (Å²) in [5.74, 6) is 0.952. The maximum Gasteiger partial charge on any atom is 0.237 e. The molecule has 4 nitrogen and oxygen atoms in total. The Morgan fingerprint density at radius 3 is 2.72 bits per heavy atom. The number of nitrogens with zero attached hydrogens (tertiary/aromatic N) is 3. The van der Waals surface area contributed by atoms with Crippen molar-refractivity contribution in [2.45, 2.75) is 32.6 Å². The van der Waals surface area contributed by atoms with Crippen LogP contribution in [0, 0.1) is 0 Å². The zero-order valence-electron chi connectivity index (χ0n) is 11.0. The van der Waals surface area contributed by atoms with E-state index in [0.29, 0.717) is 23.6 Å². The lowest BCUT2D eigenvalue weighted by atomic mass is 10.1. The molecule has 1 aromatic rings. The van der Waals surface area contributed by atoms with Crippen molar-refractivity contribution in [1.29, 1.82) is 0 Å². The summed E-state index contributed by atoms with van der Waals surface area (Å²) in [6.45, 7) is 8.19. The van der Waals surface area contributed by atoms with Gasteiger partial charge in [0, 0.05) is 12.1 Å². The van der Waals surface area contributed by atoms with Crippen molar-refractivity contribution in [3.05, 3.63) is 16.8 Å². The van der Waals surface area contributed by atoms with Crippen molar-refractivity contribution in [3.63, 3.8) is 0 Å². The molecule has 100 valence electrons. The second-order valence-corrected chi connectivity index (χ2v) is 5.37. The Kier molecular flexibility index (Phi) is 4.78. The first kappa shape index (κ1) is 13.6. The summed E-state index contributed by atoms with van der Waals surface area (Å²) in [5.41, 5.74) is 1.02. The molecule has 5 heteroatoms. The Hall–Kier alpha value is -0.870. The number of ether oxygens (including phenoxy) is 1. The maximum atomic E-state index is 5.86. The summed E-state index contributed by atoms with van der Waals surface area (Å²) in [6, 6.07) is 1.84. The molecule has 1 fully saturated rings. The van der Waals surface area contributed by atoms with Crippen molar-refractivity contribution in [3.8, 4) is 5.88 Å². The molecule has 2 rings (SSSR count). The summed E-state index contributed by atoms with van der Waals surface area (Å²) in [4.78, 5) is 2.42. The Labute approximate surface area is 113 Å². The van der Waals surface area contributed by atoms with Crippen molar-refractivity contribution in [2.75, 3.05) is 26.2 Å². The molecule has 2 heterocycles. The Morgan fingerprint density at radius 2 is 2.06 bits per heavy atom. The van der Waals surface area contributed by atoms with Crippen LogP contribution in [-0.2, 0) is 0 Å². The third-order valence-corrected chi connectivity index (χ3v) is 3.41. The van der Waals surface area contributed by atoms with Crippen LogP contribution in [0.4, 0.5) is 0 Å². The molecule has 0 aromatic carbocycles. The maximum absolute atomic E-state index is 5.86. The first-order valence-electron chi connectivity index (χ1n) is 6.55. The summed E-state index contributed by atoms with van der Waals surface area (Å²) < 4.78 is 5.74. The van der Waals surface area contributed by atoms with Crippen LogP contribution in [0.3, 0.4) is 0 Å². The summed E-state index contributed by atoms with van der Waals surface area (Å²) in [7, 11) is 0. The molecule has 0 aliphatic carbocycles. The molecular weight excluding hydrogens is 250 g/mol. The molecule has 1 aliphatic rings. The topological polar surface area (TPSA) is 38.3 Å². The lowest BCUT2D eigenvalue weighted by molar-refractivity contribution is 0.228. The van der Waals surface area contributed by atoms with Gasteiger partial charge in [-0.15, -0.1) is 10.2 Å². The van der Waals surface area contributed by atoms with E-state index in [0.717, 1.165) is 12.1 Å². The average molecular weight is 270 g/mol. The SMILES string of the molecule is CC(C)c1cc(Cl)nnc1OCCN1CCCC1. The van der Waals surface area contributed by atoms with E-state index in [1.54, 1.807) is 0 Å². The minimum Gasteiger partial charge on any atom is -0.475 e. The first-order valence-corrected chi connectivity index (χ1v) is 6.93. The molecule has 0 spiro atoms. The van der Waals surface area contributed by atoms with Gasteiger partial charge in [-0.1, -0.05) is 25.4 Å². The van der Waals surface area contributed by atoms with Gasteiger partial charge in [0.15, 0.2) is 5.15 Å². The van der Waals surface area contributed by atoms with Gasteiger partial charge in [-0.05, 0) is 37.9 Å². The predicted molar refractivity (Wildman–Crippen MR) is 72.3 cm³/mol. The van der Waals surface area contributed by atoms with E-state index >= 15 is 0 Å². The van der Waals surface area contributed by atoms with E-state index in [9.17, 15) is 0 Å². The number of likely N-dealkylation sites (tertiary alicyclic amines) is 1. The molecule has 0 unspecified atom stereocenters. The highest BCUT2D eigenvalue weighted by molar-refractivity contribution is 6.29. The van der Waals surface area contributed by atoms with Gasteiger partial charge >= 0.3 is 0 Å². The summed E-state index contributed by atoms with van der Waals surface area (Å²) >= 11 is 5.86. The number of hydrogen-bond acceptors (Lipinski definition) is 4. The fourth-order valence-corrected chi connectivity index (χ4v) is 2.33. The molecule has 0 saturated carbocycles. The molecule has 0 atom stereocenters. The Bertz CT molecular complexity index is 392. The minimum absolute atomic E-state index is 0.333. The lowest BCUT2D eigenvalue weighted by Crippen LogP contribution is -2.25. The van der Waals surface area contributed by atoms with E-state index in [1.165, 1.54) is 25.9 Å². The van der Waals surface area contributed by atoms with Gasteiger partial charge in [0.1, 0.15) is 6.61 Å². The van der Waals surface area contributed by atoms with Crippen LogP contribution in [-0.4, -0.2) is 41.3 Å². The van der Waals surface area contributed by atoms with Crippen LogP contribution in [0.25, 0.3) is 0 Å². The fourth-order valence-electron chi connectivity index (χ4n) is 2.17. The van der Waals surface area contributed by atoms with E-state index in [1.807, 2.05) is 6.07 Å². The normalized spacial score (nSPS) is 16.4. The van der Waals surface area contributed by atoms with E-state index < -0.39 is 0 Å². The van der Waals surface area contributed by atoms with Crippen molar-refractivity contribution in [1.82, 2.24) is 15.1 Å². The highest BCUT2D eigenvalue weighted by atomic mass is 35.5. The number of halogens is 1. The molecular formula is C13H20ClN3O. The van der Waals surface area contributed by atoms with Gasteiger partial charge in [0.2, 0.25) is 5.88 Å². The molecule has 0 bridgehead atoms. The highest BCUT2D eigenvalue weighted by Crippen LogP contribution is 2.25. The van der Waals surface area contributed by atoms with Crippen molar-refractivity contribution < 1.29 is 4.74 Å². The van der Waals surface area contributed by atoms with Gasteiger partial charge in [0.25, 0.3) is 0 Å². The third-order valence-electron chi connectivity index (χ3n) is 3.22. The van der Waals surface area contributed by atoms with E-state index in [4.69, 9.17) is 16.3 Å². The largest absolute Gasteiger partial charge is 0.475 e. The monoisotopic (exact) mass is 269 g/mol. The Morgan fingerprint density at radius 1 is 1.33 bits per heavy atom. The van der Waals surface area contributed by atoms with Crippen molar-refractivity contribution in [2.24, 2.45) is 0 Å². The van der Waals surface area contributed by atoms with Gasteiger partial charge in [-0.2, -0.15) is 0 Å². The molecule has 0 amide bonds. The number of rotatable bonds is 5. The minimum atomic E-state index is 0.333. The van der Waals surface area contributed by atoms with Crippen LogP contribution in [0.1, 0.15) is 38.2 Å². The molecule has 1 aliphatic heterocycles. The molecule has 1 aromatic heterocycles. The van der Waals surface area contributed by atoms with Crippen molar-refractivity contribution >= 4 is 11.6 Å². The fraction of sp³-hybridized carbons (Fsp3) is 0.692. The quantitative estimate of drug-likeness (QED) is 0.824. The summed E-state index contributed by atoms with van der Waals surface area (Å²) in [5, 5.41) is 8.31. The highest BCUT2D eigenvalue weighted by Gasteiger charge is 2.14. The zero-order chi connectivity index (χ0) is 13.0. The third kappa shape index (κ3) is 3.56. The van der Waals surface area contributed by atoms with Crippen LogP contribution >= 0.6 is 11.6 Å². The molecule has 0 N–H and O–H groups in total. The van der Waals surface area contributed by atoms with Crippen LogP contribution < -0.4 is 4.74 Å². The van der Waals surface area contributed by atoms with Gasteiger partial charge < -0.3 is 4.74 Å². The standard InChI is InChI=1S/C13H20ClN3O/c1-10(2)11-9-12(14)15-16-13(11)18-8-7-17-5-3-4-6-17/h9-10H,3-8H2,1-2H3. The van der Waals surface area contributed by atoms with E-state index in [-0.39, 0.29) is 0 Å². The van der Waals surface area contributed by atoms with Gasteiger partial charge in [-0.3, -0.25) is 4.90 Å². The predicted octanol–water partition coefficient (Wildman–Crippen LogP) is 2.73. The second kappa shape index (κ2) is 6.34. The lowest BCUT2D eigenvalue weighted by Gasteiger charge is -2.16. The first-order chi connectivity index (χ1) is 8.66. The second-order valence-electron chi connectivity index (χ2n) is 4.98. The zero-order valence-corrected chi connectivity index (χ0v) is 11.8. The summed E-state index contributed by atoms with van der Waals surface area (Å²) in [6.07, 6.45) is 2.61. The number of aromatic nitrogens is 2. The Balaban J connectivity index is 1.91. The molecule has 1 saturated heterocycles. The molecule has 18 heavy (non-hydrogen) atoms.